The summed E-state index contributed by atoms with van der Waals surface area (Å²) in [6, 6.07) is 11.2. The molecule has 2 heterocycles. The van der Waals surface area contributed by atoms with Gasteiger partial charge in [-0.25, -0.2) is 14.9 Å². The van der Waals surface area contributed by atoms with Crippen LogP contribution in [0.4, 0.5) is 10.2 Å². The maximum atomic E-state index is 14.3. The van der Waals surface area contributed by atoms with Crippen LogP contribution in [-0.2, 0) is 4.79 Å². The highest BCUT2D eigenvalue weighted by Crippen LogP contribution is 2.18. The molecular formula is C21H21FN4O2. The molecule has 1 atom stereocenters. The van der Waals surface area contributed by atoms with Crippen LogP contribution in [0.1, 0.15) is 17.5 Å². The number of aromatic nitrogens is 1. The van der Waals surface area contributed by atoms with Gasteiger partial charge >= 0.3 is 0 Å². The molecule has 0 spiro atoms. The second-order valence-corrected chi connectivity index (χ2v) is 6.44. The van der Waals surface area contributed by atoms with Gasteiger partial charge in [-0.15, -0.1) is 0 Å². The molecule has 1 saturated heterocycles. The average Bonchev–Trinajstić information content (AvgIpc) is 3.16. The van der Waals surface area contributed by atoms with E-state index in [9.17, 15) is 9.18 Å². The summed E-state index contributed by atoms with van der Waals surface area (Å²) in [4.78, 5) is 17.3. The lowest BCUT2D eigenvalue weighted by molar-refractivity contribution is -0.124. The number of rotatable bonds is 5. The van der Waals surface area contributed by atoms with Crippen LogP contribution in [-0.4, -0.2) is 46.7 Å². The van der Waals surface area contributed by atoms with Gasteiger partial charge in [0.15, 0.2) is 11.6 Å². The molecule has 144 valence electrons. The molecule has 1 amide bonds. The van der Waals surface area contributed by atoms with E-state index < -0.39 is 11.7 Å². The Labute approximate surface area is 163 Å². The first-order valence-electron chi connectivity index (χ1n) is 8.94. The van der Waals surface area contributed by atoms with Crippen molar-refractivity contribution in [1.29, 1.82) is 0 Å². The summed E-state index contributed by atoms with van der Waals surface area (Å²) in [7, 11) is 0. The zero-order valence-electron chi connectivity index (χ0n) is 15.2. The third-order valence-electron chi connectivity index (χ3n) is 4.32. The molecule has 1 aliphatic heterocycles. The molecule has 1 fully saturated rings. The van der Waals surface area contributed by atoms with Crippen LogP contribution >= 0.6 is 0 Å². The summed E-state index contributed by atoms with van der Waals surface area (Å²) in [5, 5.41) is 11.6. The number of hydroxylamine groups is 1. The van der Waals surface area contributed by atoms with Crippen LogP contribution in [0.5, 0.6) is 0 Å². The normalized spacial score (nSPS) is 16.6. The van der Waals surface area contributed by atoms with E-state index in [4.69, 9.17) is 5.21 Å². The highest BCUT2D eigenvalue weighted by Gasteiger charge is 2.22. The van der Waals surface area contributed by atoms with Gasteiger partial charge < -0.3 is 5.32 Å². The van der Waals surface area contributed by atoms with Crippen molar-refractivity contribution >= 4 is 17.8 Å². The summed E-state index contributed by atoms with van der Waals surface area (Å²) >= 11 is 0. The van der Waals surface area contributed by atoms with Gasteiger partial charge in [0.2, 0.25) is 0 Å². The Balaban J connectivity index is 1.52. The summed E-state index contributed by atoms with van der Waals surface area (Å²) in [5.74, 6) is 5.32. The van der Waals surface area contributed by atoms with Crippen molar-refractivity contribution in [2.45, 2.75) is 12.5 Å². The van der Waals surface area contributed by atoms with Crippen molar-refractivity contribution in [3.63, 3.8) is 0 Å². The van der Waals surface area contributed by atoms with Crippen LogP contribution in [0, 0.1) is 17.7 Å². The fraction of sp³-hybridized carbons (Fsp3) is 0.238. The molecule has 3 rings (SSSR count). The summed E-state index contributed by atoms with van der Waals surface area (Å²) < 4.78 is 14.3. The van der Waals surface area contributed by atoms with E-state index in [0.717, 1.165) is 31.1 Å². The minimum atomic E-state index is -0.691. The van der Waals surface area contributed by atoms with Crippen LogP contribution in [0.2, 0.25) is 0 Å². The third kappa shape index (κ3) is 5.64. The van der Waals surface area contributed by atoms with E-state index >= 15 is 0 Å². The highest BCUT2D eigenvalue weighted by atomic mass is 19.1. The Morgan fingerprint density at radius 1 is 1.39 bits per heavy atom. The van der Waals surface area contributed by atoms with E-state index in [1.807, 2.05) is 30.3 Å². The van der Waals surface area contributed by atoms with Gasteiger partial charge in [-0.3, -0.25) is 14.9 Å². The van der Waals surface area contributed by atoms with E-state index in [1.165, 1.54) is 23.8 Å². The molecule has 0 radical (unpaired) electrons. The van der Waals surface area contributed by atoms with E-state index in [0.29, 0.717) is 12.1 Å². The lowest BCUT2D eigenvalue weighted by atomic mass is 10.2. The Bertz CT molecular complexity index is 906. The maximum absolute atomic E-state index is 14.3. The molecule has 1 aromatic heterocycles. The number of amides is 1. The minimum absolute atomic E-state index is 0.0992. The molecule has 0 bridgehead atoms. The number of nitrogens with zero attached hydrogens (tertiary/aromatic N) is 2. The smallest absolute Gasteiger partial charge is 0.267 e. The number of halogens is 1. The number of anilines is 1. The van der Waals surface area contributed by atoms with Gasteiger partial charge in [0.25, 0.3) is 5.91 Å². The van der Waals surface area contributed by atoms with Crippen molar-refractivity contribution in [2.75, 3.05) is 25.0 Å². The number of carbonyl (C=O) groups excluding carboxylic acids is 1. The van der Waals surface area contributed by atoms with Gasteiger partial charge in [-0.1, -0.05) is 30.0 Å². The monoisotopic (exact) mass is 380 g/mol. The lowest BCUT2D eigenvalue weighted by Gasteiger charge is -2.15. The van der Waals surface area contributed by atoms with Crippen molar-refractivity contribution in [1.82, 2.24) is 15.4 Å². The molecular weight excluding hydrogens is 359 g/mol. The van der Waals surface area contributed by atoms with Gasteiger partial charge in [0.05, 0.1) is 6.54 Å². The second kappa shape index (κ2) is 9.65. The summed E-state index contributed by atoms with van der Waals surface area (Å²) in [5.41, 5.74) is 2.89. The number of carbonyl (C=O) groups is 1. The number of hydrogen-bond acceptors (Lipinski definition) is 5. The molecule has 1 aromatic carbocycles. The molecule has 3 N–H and O–H groups in total. The van der Waals surface area contributed by atoms with Crippen molar-refractivity contribution in [3.8, 4) is 11.8 Å². The van der Waals surface area contributed by atoms with Crippen molar-refractivity contribution in [3.05, 3.63) is 65.6 Å². The topological polar surface area (TPSA) is 77.5 Å². The standard InChI is InChI=1S/C21H21FN4O2/c22-19-13-17(8-9-20(27)25-28)14-23-21(19)24-18-10-12-26(15-18)11-4-7-16-5-2-1-3-6-16/h1-3,5-6,8-9,13-14,18,28H,10-12,15H2,(H,23,24)(H,25,27)/b9-8+/t18-/m1/s1. The third-order valence-corrected chi connectivity index (χ3v) is 4.32. The first kappa shape index (κ1) is 19.5. The predicted molar refractivity (Wildman–Crippen MR) is 105 cm³/mol. The van der Waals surface area contributed by atoms with Gasteiger partial charge in [0.1, 0.15) is 0 Å². The summed E-state index contributed by atoms with van der Waals surface area (Å²) in [6.45, 7) is 2.32. The number of likely N-dealkylation sites (tertiary alicyclic amines) is 1. The zero-order chi connectivity index (χ0) is 19.8. The molecule has 0 aliphatic carbocycles. The van der Waals surface area contributed by atoms with Crippen LogP contribution in [0.15, 0.2) is 48.7 Å². The largest absolute Gasteiger partial charge is 0.364 e. The van der Waals surface area contributed by atoms with E-state index in [2.05, 4.69) is 27.0 Å². The summed E-state index contributed by atoms with van der Waals surface area (Å²) in [6.07, 6.45) is 4.81. The molecule has 28 heavy (non-hydrogen) atoms. The van der Waals surface area contributed by atoms with Crippen molar-refractivity contribution in [2.24, 2.45) is 0 Å². The molecule has 1 aliphatic rings. The Kier molecular flexibility index (Phi) is 6.73. The average molecular weight is 380 g/mol. The number of hydrogen-bond donors (Lipinski definition) is 3. The molecule has 7 heteroatoms. The number of pyridine rings is 1. The molecule has 0 saturated carbocycles. The molecule has 0 unspecified atom stereocenters. The van der Waals surface area contributed by atoms with Gasteiger partial charge in [-0.05, 0) is 36.3 Å². The Morgan fingerprint density at radius 3 is 2.96 bits per heavy atom. The second-order valence-electron chi connectivity index (χ2n) is 6.44. The Hall–Kier alpha value is -3.21. The van der Waals surface area contributed by atoms with Gasteiger partial charge in [0, 0.05) is 37.0 Å². The van der Waals surface area contributed by atoms with Crippen molar-refractivity contribution < 1.29 is 14.4 Å². The van der Waals surface area contributed by atoms with Crippen LogP contribution < -0.4 is 10.8 Å². The van der Waals surface area contributed by atoms with Crippen LogP contribution in [0.25, 0.3) is 6.08 Å². The first-order chi connectivity index (χ1) is 13.6. The molecule has 6 nitrogen and oxygen atoms in total. The predicted octanol–water partition coefficient (Wildman–Crippen LogP) is 2.28. The zero-order valence-corrected chi connectivity index (χ0v) is 15.2. The first-order valence-corrected chi connectivity index (χ1v) is 8.94. The number of benzene rings is 1. The SMILES string of the molecule is O=C(/C=C/c1cnc(N[C@@H]2CCN(CC#Cc3ccccc3)C2)c(F)c1)NO. The quantitative estimate of drug-likeness (QED) is 0.321. The van der Waals surface area contributed by atoms with Crippen LogP contribution in [0.3, 0.4) is 0 Å². The maximum Gasteiger partial charge on any atom is 0.267 e. The fourth-order valence-corrected chi connectivity index (χ4v) is 2.92. The van der Waals surface area contributed by atoms with Gasteiger partial charge in [-0.2, -0.15) is 0 Å². The highest BCUT2D eigenvalue weighted by molar-refractivity contribution is 5.90. The molecule has 2 aromatic rings. The fourth-order valence-electron chi connectivity index (χ4n) is 2.92. The lowest BCUT2D eigenvalue weighted by Crippen LogP contribution is -2.27. The minimum Gasteiger partial charge on any atom is -0.364 e. The van der Waals surface area contributed by atoms with E-state index in [-0.39, 0.29) is 11.9 Å². The van der Waals surface area contributed by atoms with E-state index in [1.54, 1.807) is 0 Å². The Morgan fingerprint density at radius 2 is 2.21 bits per heavy atom. The number of nitrogens with one attached hydrogen (secondary N) is 2.